The molecule has 0 aromatic heterocycles. The topological polar surface area (TPSA) is 73.9 Å². The molecule has 8 heteroatoms. The van der Waals surface area contributed by atoms with Crippen molar-refractivity contribution in [1.29, 1.82) is 0 Å². The van der Waals surface area contributed by atoms with Crippen LogP contribution in [0.15, 0.2) is 140 Å². The summed E-state index contributed by atoms with van der Waals surface area (Å²) in [5.74, 6) is 0.257. The van der Waals surface area contributed by atoms with E-state index in [9.17, 15) is 9.59 Å². The normalized spacial score (nSPS) is 13.1. The van der Waals surface area contributed by atoms with Crippen molar-refractivity contribution in [1.82, 2.24) is 15.1 Å². The number of hydrogen-bond acceptors (Lipinski definition) is 5. The Labute approximate surface area is 287 Å². The van der Waals surface area contributed by atoms with Crippen LogP contribution in [0.5, 0.6) is 5.75 Å². The molecule has 0 spiro atoms. The molecule has 2 amide bonds. The van der Waals surface area contributed by atoms with E-state index in [0.717, 1.165) is 19.5 Å². The van der Waals surface area contributed by atoms with Crippen LogP contribution in [-0.4, -0.2) is 59.5 Å². The van der Waals surface area contributed by atoms with Crippen molar-refractivity contribution in [3.63, 3.8) is 0 Å². The van der Waals surface area contributed by atoms with Gasteiger partial charge >= 0.3 is 0 Å². The van der Waals surface area contributed by atoms with E-state index in [2.05, 4.69) is 76.2 Å². The second-order valence-corrected chi connectivity index (χ2v) is 12.0. The summed E-state index contributed by atoms with van der Waals surface area (Å²) in [7, 11) is 0. The molecule has 0 saturated carbocycles. The summed E-state index contributed by atoms with van der Waals surface area (Å²) in [6, 6.07) is 45.5. The number of piperazine rings is 1. The first-order valence-corrected chi connectivity index (χ1v) is 16.6. The average molecular weight is 655 g/mol. The zero-order chi connectivity index (χ0) is 33.1. The number of hydrogen-bond donors (Lipinski definition) is 2. The number of nitrogens with zero attached hydrogens (tertiary/aromatic N) is 2. The van der Waals surface area contributed by atoms with E-state index < -0.39 is 0 Å². The number of thiocarbonyl (C=S) groups is 1. The molecule has 5 aromatic carbocycles. The number of amides is 2. The molecule has 5 aromatic rings. The van der Waals surface area contributed by atoms with Gasteiger partial charge in [0.05, 0.1) is 23.9 Å². The van der Waals surface area contributed by atoms with E-state index in [1.54, 1.807) is 36.4 Å². The molecular formula is C40H38N4O3S. The Bertz CT molecular complexity index is 1770. The van der Waals surface area contributed by atoms with Crippen LogP contribution in [0.1, 0.15) is 43.4 Å². The Kier molecular flexibility index (Phi) is 10.9. The minimum absolute atomic E-state index is 0.0781. The fourth-order valence-electron chi connectivity index (χ4n) is 5.98. The number of benzene rings is 5. The van der Waals surface area contributed by atoms with Crippen LogP contribution in [0, 0.1) is 0 Å². The second-order valence-electron chi connectivity index (χ2n) is 11.6. The quantitative estimate of drug-likeness (QED) is 0.158. The van der Waals surface area contributed by atoms with E-state index in [1.807, 2.05) is 47.4 Å². The molecule has 7 nitrogen and oxygen atoms in total. The highest BCUT2D eigenvalue weighted by Crippen LogP contribution is 2.30. The molecule has 0 atom stereocenters. The first-order chi connectivity index (χ1) is 23.5. The summed E-state index contributed by atoms with van der Waals surface area (Å²) in [6.07, 6.45) is 0.798. The SMILES string of the molecule is O=C(NC(=S)Nc1ccccc1C(=O)N1CCN(C(c2ccccc2)c2ccccc2)CC1)c1ccc(OCCc2ccccc2)cc1. The van der Waals surface area contributed by atoms with Crippen LogP contribution >= 0.6 is 12.2 Å². The van der Waals surface area contributed by atoms with Crippen molar-refractivity contribution in [3.8, 4) is 5.75 Å². The Morgan fingerprint density at radius 2 is 1.25 bits per heavy atom. The number of anilines is 1. The van der Waals surface area contributed by atoms with Gasteiger partial charge in [-0.1, -0.05) is 103 Å². The molecule has 1 aliphatic heterocycles. The number of rotatable bonds is 10. The van der Waals surface area contributed by atoms with Gasteiger partial charge in [-0.15, -0.1) is 0 Å². The lowest BCUT2D eigenvalue weighted by atomic mass is 9.96. The van der Waals surface area contributed by atoms with Crippen LogP contribution in [0.2, 0.25) is 0 Å². The van der Waals surface area contributed by atoms with Gasteiger partial charge in [-0.05, 0) is 65.3 Å². The third kappa shape index (κ3) is 8.34. The van der Waals surface area contributed by atoms with Gasteiger partial charge in [0.15, 0.2) is 5.11 Å². The fraction of sp³-hybridized carbons (Fsp3) is 0.175. The molecule has 2 N–H and O–H groups in total. The zero-order valence-corrected chi connectivity index (χ0v) is 27.4. The molecular weight excluding hydrogens is 617 g/mol. The number of para-hydroxylation sites is 1. The molecule has 0 aliphatic carbocycles. The van der Waals surface area contributed by atoms with Gasteiger partial charge < -0.3 is 15.0 Å². The molecule has 0 radical (unpaired) electrons. The average Bonchev–Trinajstić information content (AvgIpc) is 3.13. The number of carbonyl (C=O) groups excluding carboxylic acids is 2. The lowest BCUT2D eigenvalue weighted by molar-refractivity contribution is 0.0598. The van der Waals surface area contributed by atoms with Crippen molar-refractivity contribution in [2.45, 2.75) is 12.5 Å². The van der Waals surface area contributed by atoms with Crippen LogP contribution < -0.4 is 15.4 Å². The Hall–Kier alpha value is -5.31. The van der Waals surface area contributed by atoms with Gasteiger partial charge in [0.2, 0.25) is 0 Å². The van der Waals surface area contributed by atoms with Crippen LogP contribution in [0.4, 0.5) is 5.69 Å². The molecule has 0 unspecified atom stereocenters. The van der Waals surface area contributed by atoms with E-state index in [1.165, 1.54) is 16.7 Å². The maximum Gasteiger partial charge on any atom is 0.257 e. The lowest BCUT2D eigenvalue weighted by Crippen LogP contribution is -2.50. The maximum atomic E-state index is 13.8. The first kappa shape index (κ1) is 32.6. The van der Waals surface area contributed by atoms with Crippen LogP contribution in [0.25, 0.3) is 0 Å². The number of ether oxygens (including phenoxy) is 1. The minimum Gasteiger partial charge on any atom is -0.493 e. The first-order valence-electron chi connectivity index (χ1n) is 16.2. The molecule has 0 bridgehead atoms. The third-order valence-corrected chi connectivity index (χ3v) is 8.65. The van der Waals surface area contributed by atoms with Gasteiger partial charge in [-0.25, -0.2) is 0 Å². The Morgan fingerprint density at radius 1 is 0.688 bits per heavy atom. The van der Waals surface area contributed by atoms with Crippen molar-refractivity contribution >= 4 is 34.8 Å². The Balaban J connectivity index is 1.03. The smallest absolute Gasteiger partial charge is 0.257 e. The number of carbonyl (C=O) groups is 2. The van der Waals surface area contributed by atoms with Gasteiger partial charge in [0.25, 0.3) is 11.8 Å². The predicted octanol–water partition coefficient (Wildman–Crippen LogP) is 6.98. The number of nitrogens with one attached hydrogen (secondary N) is 2. The molecule has 1 aliphatic rings. The monoisotopic (exact) mass is 654 g/mol. The summed E-state index contributed by atoms with van der Waals surface area (Å²) < 4.78 is 5.84. The second kappa shape index (κ2) is 16.0. The van der Waals surface area contributed by atoms with E-state index in [0.29, 0.717) is 42.3 Å². The lowest BCUT2D eigenvalue weighted by Gasteiger charge is -2.40. The van der Waals surface area contributed by atoms with E-state index in [4.69, 9.17) is 17.0 Å². The summed E-state index contributed by atoms with van der Waals surface area (Å²) in [6.45, 7) is 3.20. The Morgan fingerprint density at radius 3 is 1.88 bits per heavy atom. The van der Waals surface area contributed by atoms with Gasteiger partial charge in [-0.2, -0.15) is 0 Å². The summed E-state index contributed by atoms with van der Waals surface area (Å²) in [5.41, 5.74) is 5.16. The molecule has 1 heterocycles. The van der Waals surface area contributed by atoms with Gasteiger partial charge in [0.1, 0.15) is 5.75 Å². The van der Waals surface area contributed by atoms with Crippen molar-refractivity contribution in [2.24, 2.45) is 0 Å². The molecule has 242 valence electrons. The van der Waals surface area contributed by atoms with Crippen molar-refractivity contribution in [3.05, 3.63) is 167 Å². The van der Waals surface area contributed by atoms with Crippen molar-refractivity contribution < 1.29 is 14.3 Å². The summed E-state index contributed by atoms with van der Waals surface area (Å²) in [4.78, 5) is 31.0. The standard InChI is InChI=1S/C40H38N4O3S/c45-38(33-20-22-34(23-21-33)47-29-24-30-12-4-1-5-13-30)42-40(48)41-36-19-11-10-18-35(36)39(46)44-27-25-43(26-28-44)37(31-14-6-2-7-15-31)32-16-8-3-9-17-32/h1-23,37H,24-29H2,(H2,41,42,45,48). The van der Waals surface area contributed by atoms with E-state index in [-0.39, 0.29) is 23.0 Å². The molecule has 6 rings (SSSR count). The van der Waals surface area contributed by atoms with Crippen LogP contribution in [-0.2, 0) is 6.42 Å². The molecule has 48 heavy (non-hydrogen) atoms. The van der Waals surface area contributed by atoms with Gasteiger partial charge in [0, 0.05) is 38.2 Å². The fourth-order valence-corrected chi connectivity index (χ4v) is 6.18. The highest BCUT2D eigenvalue weighted by Gasteiger charge is 2.29. The van der Waals surface area contributed by atoms with E-state index >= 15 is 0 Å². The molecule has 1 saturated heterocycles. The third-order valence-electron chi connectivity index (χ3n) is 8.45. The van der Waals surface area contributed by atoms with Crippen LogP contribution in [0.3, 0.4) is 0 Å². The highest BCUT2D eigenvalue weighted by molar-refractivity contribution is 7.80. The van der Waals surface area contributed by atoms with Gasteiger partial charge in [-0.3, -0.25) is 19.8 Å². The predicted molar refractivity (Wildman–Crippen MR) is 194 cm³/mol. The highest BCUT2D eigenvalue weighted by atomic mass is 32.1. The maximum absolute atomic E-state index is 13.8. The molecule has 1 fully saturated rings. The summed E-state index contributed by atoms with van der Waals surface area (Å²) >= 11 is 5.48. The largest absolute Gasteiger partial charge is 0.493 e. The van der Waals surface area contributed by atoms with Crippen molar-refractivity contribution in [2.75, 3.05) is 38.1 Å². The minimum atomic E-state index is -0.352. The zero-order valence-electron chi connectivity index (χ0n) is 26.6. The summed E-state index contributed by atoms with van der Waals surface area (Å²) in [5, 5.41) is 5.92.